The van der Waals surface area contributed by atoms with E-state index in [2.05, 4.69) is 114 Å². The lowest BCUT2D eigenvalue weighted by atomic mass is 10.0. The summed E-state index contributed by atoms with van der Waals surface area (Å²) < 4.78 is 2.30. The molecule has 3 nitrogen and oxygen atoms in total. The fraction of sp³-hybridized carbons (Fsp3) is 0.167. The zero-order valence-corrected chi connectivity index (χ0v) is 15.9. The first-order chi connectivity index (χ1) is 13.2. The molecule has 1 aliphatic heterocycles. The summed E-state index contributed by atoms with van der Waals surface area (Å²) in [5, 5.41) is 1.27. The number of anilines is 3. The third-order valence-electron chi connectivity index (χ3n) is 5.85. The number of aryl methyl sites for hydroxylation is 1. The minimum absolute atomic E-state index is 0.179. The Morgan fingerprint density at radius 3 is 2.04 bits per heavy atom. The number of rotatable bonds is 1. The highest BCUT2D eigenvalue weighted by Gasteiger charge is 2.30. The Hall–Kier alpha value is -3.20. The molecule has 0 aliphatic carbocycles. The molecule has 0 saturated heterocycles. The molecular weight excluding hydrogens is 330 g/mol. The Morgan fingerprint density at radius 1 is 0.704 bits per heavy atom. The second-order valence-corrected chi connectivity index (χ2v) is 7.27. The average molecular weight is 353 g/mol. The molecule has 0 N–H and O–H groups in total. The smallest absolute Gasteiger partial charge is 0.115 e. The van der Waals surface area contributed by atoms with Crippen molar-refractivity contribution in [3.8, 4) is 11.1 Å². The number of benzene rings is 3. The van der Waals surface area contributed by atoms with E-state index in [9.17, 15) is 0 Å². The second kappa shape index (κ2) is 5.92. The summed E-state index contributed by atoms with van der Waals surface area (Å²) in [7, 11) is 4.34. The van der Waals surface area contributed by atoms with E-state index < -0.39 is 0 Å². The molecule has 5 rings (SSSR count). The summed E-state index contributed by atoms with van der Waals surface area (Å²) in [4.78, 5) is 4.82. The van der Waals surface area contributed by atoms with E-state index in [4.69, 9.17) is 0 Å². The third-order valence-corrected chi connectivity index (χ3v) is 5.85. The van der Waals surface area contributed by atoms with Crippen LogP contribution in [-0.2, 0) is 7.05 Å². The molecule has 0 amide bonds. The van der Waals surface area contributed by atoms with Crippen LogP contribution in [0.5, 0.6) is 0 Å². The topological polar surface area (TPSA) is 11.4 Å². The second-order valence-electron chi connectivity index (χ2n) is 7.27. The van der Waals surface area contributed by atoms with E-state index in [1.165, 1.54) is 39.2 Å². The standard InChI is InChI=1S/C24H23N3/c1-17-25(2)22-14-8-5-11-19(22)20-12-6-9-15-23(20)27(17)24-16-18-10-4-7-13-21(18)26(24)3/h4-17H,1-3H3/t17-/m0/s1. The van der Waals surface area contributed by atoms with Gasteiger partial charge in [-0.1, -0.05) is 54.6 Å². The summed E-state index contributed by atoms with van der Waals surface area (Å²) in [6.07, 6.45) is 0.179. The maximum atomic E-state index is 2.45. The van der Waals surface area contributed by atoms with Gasteiger partial charge in [-0.2, -0.15) is 0 Å². The van der Waals surface area contributed by atoms with Gasteiger partial charge in [-0.3, -0.25) is 0 Å². The van der Waals surface area contributed by atoms with Crippen molar-refractivity contribution in [1.82, 2.24) is 4.57 Å². The van der Waals surface area contributed by atoms with E-state index in [-0.39, 0.29) is 6.17 Å². The lowest BCUT2D eigenvalue weighted by molar-refractivity contribution is 0.682. The summed E-state index contributed by atoms with van der Waals surface area (Å²) >= 11 is 0. The highest BCUT2D eigenvalue weighted by atomic mass is 15.4. The van der Waals surface area contributed by atoms with Gasteiger partial charge in [-0.05, 0) is 31.2 Å². The predicted octanol–water partition coefficient (Wildman–Crippen LogP) is 5.78. The predicted molar refractivity (Wildman–Crippen MR) is 115 cm³/mol. The molecular formula is C24H23N3. The van der Waals surface area contributed by atoms with Crippen molar-refractivity contribution in [1.29, 1.82) is 0 Å². The van der Waals surface area contributed by atoms with E-state index >= 15 is 0 Å². The quantitative estimate of drug-likeness (QED) is 0.430. The van der Waals surface area contributed by atoms with E-state index in [1.807, 2.05) is 0 Å². The Bertz CT molecular complexity index is 1140. The first-order valence-electron chi connectivity index (χ1n) is 9.42. The van der Waals surface area contributed by atoms with Crippen molar-refractivity contribution in [2.24, 2.45) is 7.05 Å². The van der Waals surface area contributed by atoms with Crippen LogP contribution in [0.1, 0.15) is 6.92 Å². The fourth-order valence-electron chi connectivity index (χ4n) is 4.32. The molecule has 2 heterocycles. The lowest BCUT2D eigenvalue weighted by Gasteiger charge is -2.36. The number of nitrogens with zero attached hydrogens (tertiary/aromatic N) is 3. The lowest BCUT2D eigenvalue weighted by Crippen LogP contribution is -2.42. The third kappa shape index (κ3) is 2.28. The molecule has 1 atom stereocenters. The van der Waals surface area contributed by atoms with Crippen molar-refractivity contribution >= 4 is 28.1 Å². The Kier molecular flexibility index (Phi) is 3.51. The van der Waals surface area contributed by atoms with Gasteiger partial charge < -0.3 is 14.4 Å². The number of hydrogen-bond acceptors (Lipinski definition) is 2. The Balaban J connectivity index is 1.81. The Morgan fingerprint density at radius 2 is 1.30 bits per heavy atom. The van der Waals surface area contributed by atoms with Crippen molar-refractivity contribution in [2.45, 2.75) is 13.1 Å². The van der Waals surface area contributed by atoms with Crippen LogP contribution >= 0.6 is 0 Å². The van der Waals surface area contributed by atoms with Gasteiger partial charge in [-0.15, -0.1) is 0 Å². The number of aromatic nitrogens is 1. The van der Waals surface area contributed by atoms with Gasteiger partial charge in [0.05, 0.1) is 5.69 Å². The number of hydrogen-bond donors (Lipinski definition) is 0. The van der Waals surface area contributed by atoms with Gasteiger partial charge in [0.2, 0.25) is 0 Å². The monoisotopic (exact) mass is 353 g/mol. The molecule has 0 bridgehead atoms. The molecule has 1 aliphatic rings. The molecule has 1 aromatic heterocycles. The van der Waals surface area contributed by atoms with E-state index in [1.54, 1.807) is 0 Å². The fourth-order valence-corrected chi connectivity index (χ4v) is 4.32. The molecule has 3 heteroatoms. The summed E-state index contributed by atoms with van der Waals surface area (Å²) in [5.74, 6) is 1.20. The minimum Gasteiger partial charge on any atom is -0.354 e. The molecule has 0 unspecified atom stereocenters. The zero-order chi connectivity index (χ0) is 18.5. The zero-order valence-electron chi connectivity index (χ0n) is 15.9. The average Bonchev–Trinajstić information content (AvgIpc) is 3.00. The van der Waals surface area contributed by atoms with Crippen LogP contribution in [0, 0.1) is 0 Å². The maximum Gasteiger partial charge on any atom is 0.115 e. The molecule has 134 valence electrons. The van der Waals surface area contributed by atoms with Gasteiger partial charge in [-0.25, -0.2) is 0 Å². The minimum atomic E-state index is 0.179. The van der Waals surface area contributed by atoms with Crippen LogP contribution in [0.2, 0.25) is 0 Å². The van der Waals surface area contributed by atoms with Gasteiger partial charge in [0.1, 0.15) is 12.0 Å². The maximum absolute atomic E-state index is 2.45. The van der Waals surface area contributed by atoms with Crippen molar-refractivity contribution in [2.75, 3.05) is 16.8 Å². The molecule has 0 spiro atoms. The van der Waals surface area contributed by atoms with E-state index in [0.717, 1.165) is 0 Å². The van der Waals surface area contributed by atoms with Crippen LogP contribution in [0.3, 0.4) is 0 Å². The van der Waals surface area contributed by atoms with Gasteiger partial charge in [0, 0.05) is 41.8 Å². The van der Waals surface area contributed by atoms with Crippen LogP contribution < -0.4 is 9.80 Å². The van der Waals surface area contributed by atoms with Crippen LogP contribution in [0.4, 0.5) is 17.2 Å². The largest absolute Gasteiger partial charge is 0.354 e. The normalized spacial score (nSPS) is 16.2. The first-order valence-corrected chi connectivity index (χ1v) is 9.42. The first kappa shape index (κ1) is 16.0. The van der Waals surface area contributed by atoms with Crippen LogP contribution in [-0.4, -0.2) is 17.8 Å². The molecule has 27 heavy (non-hydrogen) atoms. The molecule has 4 aromatic rings. The van der Waals surface area contributed by atoms with Crippen molar-refractivity contribution in [3.63, 3.8) is 0 Å². The number of para-hydroxylation sites is 3. The van der Waals surface area contributed by atoms with Crippen molar-refractivity contribution < 1.29 is 0 Å². The summed E-state index contributed by atoms with van der Waals surface area (Å²) in [6, 6.07) is 28.3. The molecule has 0 radical (unpaired) electrons. The molecule has 3 aromatic carbocycles. The molecule has 0 fully saturated rings. The van der Waals surface area contributed by atoms with Gasteiger partial charge in [0.25, 0.3) is 0 Å². The van der Waals surface area contributed by atoms with Gasteiger partial charge >= 0.3 is 0 Å². The van der Waals surface area contributed by atoms with Crippen LogP contribution in [0.15, 0.2) is 78.9 Å². The summed E-state index contributed by atoms with van der Waals surface area (Å²) in [5.41, 5.74) is 6.31. The highest BCUT2D eigenvalue weighted by molar-refractivity contribution is 5.93. The van der Waals surface area contributed by atoms with Crippen molar-refractivity contribution in [3.05, 3.63) is 78.9 Å². The van der Waals surface area contributed by atoms with E-state index in [0.29, 0.717) is 0 Å². The SMILES string of the molecule is C[C@H]1N(C)c2ccccc2-c2ccccc2N1c1cc2ccccc2n1C. The number of fused-ring (bicyclic) bond motifs is 4. The van der Waals surface area contributed by atoms with Crippen LogP contribution in [0.25, 0.3) is 22.0 Å². The Labute approximate surface area is 160 Å². The molecule has 0 saturated carbocycles. The van der Waals surface area contributed by atoms with Gasteiger partial charge in [0.15, 0.2) is 0 Å². The highest BCUT2D eigenvalue weighted by Crippen LogP contribution is 2.45. The summed E-state index contributed by atoms with van der Waals surface area (Å²) in [6.45, 7) is 2.27.